The number of amides is 1. The van der Waals surface area contributed by atoms with Gasteiger partial charge in [0.25, 0.3) is 0 Å². The smallest absolute Gasteiger partial charge is 0.227 e. The van der Waals surface area contributed by atoms with Crippen LogP contribution < -0.4 is 4.90 Å². The maximum absolute atomic E-state index is 12.4. The highest BCUT2D eigenvalue weighted by Crippen LogP contribution is 2.23. The molecule has 1 aliphatic rings. The Morgan fingerprint density at radius 1 is 1.23 bits per heavy atom. The topological polar surface area (TPSA) is 36.4 Å². The monoisotopic (exact) mass is 335 g/mol. The maximum atomic E-state index is 12.4. The molecule has 1 saturated heterocycles. The lowest BCUT2D eigenvalue weighted by molar-refractivity contribution is -0.130. The minimum absolute atomic E-state index is 0.178. The van der Waals surface area contributed by atoms with Gasteiger partial charge in [0.05, 0.1) is 6.42 Å². The fraction of sp³-hybridized carbons (Fsp3) is 0.375. The zero-order chi connectivity index (χ0) is 15.5. The molecule has 0 radical (unpaired) electrons. The number of hydrogen-bond donors (Lipinski definition) is 0. The van der Waals surface area contributed by atoms with E-state index in [0.29, 0.717) is 11.4 Å². The molecule has 0 atom stereocenters. The zero-order valence-electron chi connectivity index (χ0n) is 12.5. The van der Waals surface area contributed by atoms with E-state index in [9.17, 15) is 4.79 Å². The number of nitrogens with zero attached hydrogens (tertiary/aromatic N) is 3. The van der Waals surface area contributed by atoms with Crippen LogP contribution in [0.3, 0.4) is 0 Å². The summed E-state index contributed by atoms with van der Waals surface area (Å²) in [6.45, 7) is 5.27. The van der Waals surface area contributed by atoms with Gasteiger partial charge < -0.3 is 9.80 Å². The number of carbonyl (C=O) groups excluding carboxylic acids is 1. The Hall–Kier alpha value is -1.59. The van der Waals surface area contributed by atoms with Crippen molar-refractivity contribution < 1.29 is 4.79 Å². The minimum Gasteiger partial charge on any atom is -0.345 e. The molecule has 4 nitrogen and oxygen atoms in total. The van der Waals surface area contributed by atoms with Crippen LogP contribution in [0.4, 0.5) is 5.13 Å². The third-order valence-electron chi connectivity index (χ3n) is 3.78. The summed E-state index contributed by atoms with van der Waals surface area (Å²) in [5.41, 5.74) is 1.01. The van der Waals surface area contributed by atoms with Crippen LogP contribution in [-0.2, 0) is 11.2 Å². The summed E-state index contributed by atoms with van der Waals surface area (Å²) in [7, 11) is 0. The Morgan fingerprint density at radius 2 is 1.91 bits per heavy atom. The molecule has 0 aliphatic carbocycles. The van der Waals surface area contributed by atoms with Crippen molar-refractivity contribution in [3.05, 3.63) is 45.9 Å². The summed E-state index contributed by atoms with van der Waals surface area (Å²) < 4.78 is 0. The number of aromatic nitrogens is 1. The molecule has 1 aliphatic heterocycles. The van der Waals surface area contributed by atoms with Gasteiger partial charge in [-0.3, -0.25) is 4.79 Å². The number of anilines is 1. The summed E-state index contributed by atoms with van der Waals surface area (Å²) in [5.74, 6) is 0.178. The fourth-order valence-electron chi connectivity index (χ4n) is 2.52. The Morgan fingerprint density at radius 3 is 2.50 bits per heavy atom. The van der Waals surface area contributed by atoms with Crippen LogP contribution in [0, 0.1) is 6.92 Å². The van der Waals surface area contributed by atoms with Crippen molar-refractivity contribution in [2.45, 2.75) is 13.3 Å². The average Bonchev–Trinajstić information content (AvgIpc) is 2.96. The minimum atomic E-state index is 0.178. The van der Waals surface area contributed by atoms with Gasteiger partial charge in [-0.1, -0.05) is 23.7 Å². The molecule has 3 rings (SSSR count). The SMILES string of the molecule is Cc1cnc(N2CCN(C(=O)Cc3ccc(Cl)cc3)CC2)s1. The van der Waals surface area contributed by atoms with Crippen LogP contribution in [0.2, 0.25) is 5.02 Å². The number of rotatable bonds is 3. The first-order valence-corrected chi connectivity index (χ1v) is 8.51. The molecule has 1 amide bonds. The van der Waals surface area contributed by atoms with Crippen molar-refractivity contribution in [1.82, 2.24) is 9.88 Å². The molecule has 0 unspecified atom stereocenters. The molecule has 0 bridgehead atoms. The Bertz CT molecular complexity index is 648. The van der Waals surface area contributed by atoms with Crippen molar-refractivity contribution in [2.75, 3.05) is 31.1 Å². The summed E-state index contributed by atoms with van der Waals surface area (Å²) >= 11 is 7.57. The summed E-state index contributed by atoms with van der Waals surface area (Å²) in [4.78, 5) is 22.2. The molecule has 2 heterocycles. The van der Waals surface area contributed by atoms with Gasteiger partial charge in [0, 0.05) is 42.3 Å². The first-order valence-electron chi connectivity index (χ1n) is 7.31. The zero-order valence-corrected chi connectivity index (χ0v) is 14.0. The molecule has 2 aromatic rings. The third-order valence-corrected chi connectivity index (χ3v) is 5.01. The second kappa shape index (κ2) is 6.67. The van der Waals surface area contributed by atoms with Crippen LogP contribution in [0.1, 0.15) is 10.4 Å². The molecule has 22 heavy (non-hydrogen) atoms. The number of thiazole rings is 1. The first kappa shape index (κ1) is 15.3. The van der Waals surface area contributed by atoms with Gasteiger partial charge in [-0.2, -0.15) is 0 Å². The van der Waals surface area contributed by atoms with Gasteiger partial charge in [-0.15, -0.1) is 11.3 Å². The molecule has 1 aromatic heterocycles. The summed E-state index contributed by atoms with van der Waals surface area (Å²) in [6.07, 6.45) is 2.34. The van der Waals surface area contributed by atoms with Gasteiger partial charge in [-0.05, 0) is 24.6 Å². The van der Waals surface area contributed by atoms with E-state index in [1.807, 2.05) is 35.4 Å². The number of aryl methyl sites for hydroxylation is 1. The lowest BCUT2D eigenvalue weighted by atomic mass is 10.1. The molecule has 6 heteroatoms. The van der Waals surface area contributed by atoms with E-state index >= 15 is 0 Å². The Kier molecular flexibility index (Phi) is 4.64. The molecular formula is C16H18ClN3OS. The van der Waals surface area contributed by atoms with Crippen LogP contribution in [0.25, 0.3) is 0 Å². The molecule has 0 saturated carbocycles. The van der Waals surface area contributed by atoms with Gasteiger partial charge in [0.1, 0.15) is 0 Å². The number of halogens is 1. The van der Waals surface area contributed by atoms with Crippen LogP contribution >= 0.6 is 22.9 Å². The van der Waals surface area contributed by atoms with E-state index in [2.05, 4.69) is 16.8 Å². The summed E-state index contributed by atoms with van der Waals surface area (Å²) in [6, 6.07) is 7.48. The van der Waals surface area contributed by atoms with E-state index in [1.54, 1.807) is 11.3 Å². The lowest BCUT2D eigenvalue weighted by Gasteiger charge is -2.34. The maximum Gasteiger partial charge on any atom is 0.227 e. The number of benzene rings is 1. The van der Waals surface area contributed by atoms with Gasteiger partial charge in [0.2, 0.25) is 5.91 Å². The second-order valence-corrected chi connectivity index (χ2v) is 7.07. The second-order valence-electron chi connectivity index (χ2n) is 5.42. The van der Waals surface area contributed by atoms with E-state index in [1.165, 1.54) is 4.88 Å². The van der Waals surface area contributed by atoms with Crippen molar-refractivity contribution in [2.24, 2.45) is 0 Å². The average molecular weight is 336 g/mol. The van der Waals surface area contributed by atoms with Gasteiger partial charge >= 0.3 is 0 Å². The summed E-state index contributed by atoms with van der Waals surface area (Å²) in [5, 5.41) is 1.76. The van der Waals surface area contributed by atoms with Gasteiger partial charge in [-0.25, -0.2) is 4.98 Å². The van der Waals surface area contributed by atoms with Crippen LogP contribution in [0.15, 0.2) is 30.5 Å². The molecule has 0 spiro atoms. The molecular weight excluding hydrogens is 318 g/mol. The van der Waals surface area contributed by atoms with Gasteiger partial charge in [0.15, 0.2) is 5.13 Å². The van der Waals surface area contributed by atoms with Crippen LogP contribution in [-0.4, -0.2) is 42.0 Å². The van der Waals surface area contributed by atoms with Crippen molar-refractivity contribution >= 4 is 34.0 Å². The Balaban J connectivity index is 1.54. The van der Waals surface area contributed by atoms with Crippen molar-refractivity contribution in [3.8, 4) is 0 Å². The highest BCUT2D eigenvalue weighted by molar-refractivity contribution is 7.15. The van der Waals surface area contributed by atoms with E-state index in [0.717, 1.165) is 36.9 Å². The van der Waals surface area contributed by atoms with Crippen LogP contribution in [0.5, 0.6) is 0 Å². The highest BCUT2D eigenvalue weighted by Gasteiger charge is 2.22. The molecule has 1 fully saturated rings. The molecule has 1 aromatic carbocycles. The predicted octanol–water partition coefficient (Wildman–Crippen LogP) is 3.00. The predicted molar refractivity (Wildman–Crippen MR) is 90.8 cm³/mol. The highest BCUT2D eigenvalue weighted by atomic mass is 35.5. The van der Waals surface area contributed by atoms with Crippen molar-refractivity contribution in [1.29, 1.82) is 0 Å². The lowest BCUT2D eigenvalue weighted by Crippen LogP contribution is -2.49. The standard InChI is InChI=1S/C16H18ClN3OS/c1-12-11-18-16(22-12)20-8-6-19(7-9-20)15(21)10-13-2-4-14(17)5-3-13/h2-5,11H,6-10H2,1H3. The number of carbonyl (C=O) groups is 1. The number of piperazine rings is 1. The van der Waals surface area contributed by atoms with Crippen molar-refractivity contribution in [3.63, 3.8) is 0 Å². The van der Waals surface area contributed by atoms with E-state index in [-0.39, 0.29) is 5.91 Å². The normalized spacial score (nSPS) is 15.2. The third kappa shape index (κ3) is 3.59. The quantitative estimate of drug-likeness (QED) is 0.865. The first-order chi connectivity index (χ1) is 10.6. The largest absolute Gasteiger partial charge is 0.345 e. The fourth-order valence-corrected chi connectivity index (χ4v) is 3.46. The molecule has 0 N–H and O–H groups in total. The Labute approximate surface area is 139 Å². The molecule has 116 valence electrons. The number of hydrogen-bond acceptors (Lipinski definition) is 4. The van der Waals surface area contributed by atoms with E-state index in [4.69, 9.17) is 11.6 Å². The van der Waals surface area contributed by atoms with E-state index < -0.39 is 0 Å².